The molecule has 6 heteroatoms. The Kier molecular flexibility index (Phi) is 2.41. The molecule has 0 unspecified atom stereocenters. The third kappa shape index (κ3) is 1.59. The molecule has 96 valence electrons. The first kappa shape index (κ1) is 10.9. The van der Waals surface area contributed by atoms with Crippen LogP contribution in [-0.4, -0.2) is 25.9 Å². The Bertz CT molecular complexity index is 570. The van der Waals surface area contributed by atoms with Crippen molar-refractivity contribution in [3.05, 3.63) is 10.8 Å². The molecular formula is C12H17N5S. The Labute approximate surface area is 109 Å². The van der Waals surface area contributed by atoms with E-state index in [2.05, 4.69) is 10.2 Å². The van der Waals surface area contributed by atoms with E-state index in [4.69, 9.17) is 10.8 Å². The quantitative estimate of drug-likeness (QED) is 0.900. The molecule has 0 amide bonds. The maximum absolute atomic E-state index is 5.98. The molecule has 0 saturated heterocycles. The summed E-state index contributed by atoms with van der Waals surface area (Å²) in [4.78, 5) is 0.951. The van der Waals surface area contributed by atoms with Gasteiger partial charge in [0.2, 0.25) is 4.96 Å². The van der Waals surface area contributed by atoms with Crippen LogP contribution < -0.4 is 5.73 Å². The van der Waals surface area contributed by atoms with Crippen LogP contribution in [0.3, 0.4) is 0 Å². The van der Waals surface area contributed by atoms with Crippen molar-refractivity contribution in [3.63, 3.8) is 0 Å². The Morgan fingerprint density at radius 2 is 2.00 bits per heavy atom. The van der Waals surface area contributed by atoms with Crippen LogP contribution in [0.1, 0.15) is 61.2 Å². The van der Waals surface area contributed by atoms with Gasteiger partial charge >= 0.3 is 0 Å². The molecular weight excluding hydrogens is 246 g/mol. The fraction of sp³-hybridized carbons (Fsp3) is 0.750. The number of rotatable bonds is 2. The number of hydrogen-bond acceptors (Lipinski definition) is 5. The maximum atomic E-state index is 5.98. The van der Waals surface area contributed by atoms with Gasteiger partial charge in [-0.3, -0.25) is 0 Å². The predicted molar refractivity (Wildman–Crippen MR) is 69.8 cm³/mol. The number of nitrogens with two attached hydrogens (primary N) is 1. The zero-order valence-electron chi connectivity index (χ0n) is 10.2. The average molecular weight is 263 g/mol. The minimum absolute atomic E-state index is 0.357. The number of fused-ring (bicyclic) bond motifs is 1. The van der Waals surface area contributed by atoms with Crippen molar-refractivity contribution in [2.75, 3.05) is 0 Å². The predicted octanol–water partition coefficient (Wildman–Crippen LogP) is 2.05. The highest BCUT2D eigenvalue weighted by Gasteiger charge is 2.29. The van der Waals surface area contributed by atoms with Crippen molar-refractivity contribution < 1.29 is 0 Å². The summed E-state index contributed by atoms with van der Waals surface area (Å²) in [5.41, 5.74) is 5.98. The van der Waals surface area contributed by atoms with Gasteiger partial charge in [0, 0.05) is 17.9 Å². The summed E-state index contributed by atoms with van der Waals surface area (Å²) in [5, 5.41) is 14.5. The summed E-state index contributed by atoms with van der Waals surface area (Å²) in [6.07, 6.45) is 7.16. The molecule has 18 heavy (non-hydrogen) atoms. The summed E-state index contributed by atoms with van der Waals surface area (Å²) in [6.45, 7) is 0. The van der Waals surface area contributed by atoms with E-state index in [-0.39, 0.29) is 0 Å². The zero-order valence-corrected chi connectivity index (χ0v) is 11.1. The first-order chi connectivity index (χ1) is 8.81. The molecule has 2 N–H and O–H groups in total. The van der Waals surface area contributed by atoms with Crippen LogP contribution in [0.2, 0.25) is 0 Å². The zero-order chi connectivity index (χ0) is 12.1. The van der Waals surface area contributed by atoms with Gasteiger partial charge in [-0.1, -0.05) is 17.8 Å². The monoisotopic (exact) mass is 263 g/mol. The first-order valence-corrected chi connectivity index (χ1v) is 7.60. The first-order valence-electron chi connectivity index (χ1n) is 6.79. The lowest BCUT2D eigenvalue weighted by atomic mass is 9.85. The van der Waals surface area contributed by atoms with Gasteiger partial charge in [0.15, 0.2) is 5.82 Å². The minimum Gasteiger partial charge on any atom is -0.328 e. The molecule has 2 aromatic rings. The van der Waals surface area contributed by atoms with E-state index in [1.165, 1.54) is 30.7 Å². The third-order valence-electron chi connectivity index (χ3n) is 4.32. The van der Waals surface area contributed by atoms with Crippen molar-refractivity contribution in [1.82, 2.24) is 19.8 Å². The van der Waals surface area contributed by atoms with Crippen molar-refractivity contribution in [2.24, 2.45) is 5.73 Å². The standard InChI is InChI=1S/C12H17N5S/c13-9-5-4-8(6-9)11-16-17-10(7-2-1-3-7)14-15-12(17)18-11/h7-9H,1-6,13H2/t8-,9+/m1/s1. The van der Waals surface area contributed by atoms with Crippen molar-refractivity contribution >= 4 is 16.3 Å². The molecule has 0 radical (unpaired) electrons. The molecule has 4 rings (SSSR count). The van der Waals surface area contributed by atoms with Gasteiger partial charge in [0.05, 0.1) is 0 Å². The largest absolute Gasteiger partial charge is 0.328 e. The highest BCUT2D eigenvalue weighted by Crippen LogP contribution is 2.38. The molecule has 2 saturated carbocycles. The van der Waals surface area contributed by atoms with Crippen molar-refractivity contribution in [1.29, 1.82) is 0 Å². The highest BCUT2D eigenvalue weighted by molar-refractivity contribution is 7.16. The second-order valence-corrected chi connectivity index (χ2v) is 6.58. The second-order valence-electron chi connectivity index (χ2n) is 5.59. The van der Waals surface area contributed by atoms with E-state index in [1.54, 1.807) is 11.3 Å². The lowest BCUT2D eigenvalue weighted by molar-refractivity contribution is 0.394. The van der Waals surface area contributed by atoms with E-state index in [1.807, 2.05) is 4.52 Å². The van der Waals surface area contributed by atoms with Crippen LogP contribution in [0.5, 0.6) is 0 Å². The smallest absolute Gasteiger partial charge is 0.234 e. The Morgan fingerprint density at radius 3 is 2.67 bits per heavy atom. The normalized spacial score (nSPS) is 28.9. The Balaban J connectivity index is 1.69. The molecule has 2 atom stereocenters. The van der Waals surface area contributed by atoms with E-state index in [0.717, 1.165) is 23.6 Å². The van der Waals surface area contributed by atoms with E-state index >= 15 is 0 Å². The van der Waals surface area contributed by atoms with E-state index in [9.17, 15) is 0 Å². The summed E-state index contributed by atoms with van der Waals surface area (Å²) in [6, 6.07) is 0.357. The van der Waals surface area contributed by atoms with E-state index < -0.39 is 0 Å². The van der Waals surface area contributed by atoms with Crippen LogP contribution in [0, 0.1) is 0 Å². The van der Waals surface area contributed by atoms with Gasteiger partial charge in [0.25, 0.3) is 0 Å². The van der Waals surface area contributed by atoms with Gasteiger partial charge in [-0.2, -0.15) is 9.61 Å². The molecule has 2 aromatic heterocycles. The van der Waals surface area contributed by atoms with Crippen molar-refractivity contribution in [3.8, 4) is 0 Å². The van der Waals surface area contributed by atoms with Crippen LogP contribution >= 0.6 is 11.3 Å². The van der Waals surface area contributed by atoms with Crippen LogP contribution in [0.25, 0.3) is 4.96 Å². The number of aromatic nitrogens is 4. The fourth-order valence-corrected chi connectivity index (χ4v) is 3.97. The second kappa shape index (κ2) is 3.99. The SMILES string of the molecule is N[C@H]1CC[C@@H](c2nn3c(C4CCC4)nnc3s2)C1. The van der Waals surface area contributed by atoms with Gasteiger partial charge < -0.3 is 5.73 Å². The molecule has 2 aliphatic rings. The molecule has 0 aromatic carbocycles. The molecule has 2 fully saturated rings. The van der Waals surface area contributed by atoms with Crippen LogP contribution in [0.4, 0.5) is 0 Å². The topological polar surface area (TPSA) is 69.1 Å². The molecule has 0 spiro atoms. The van der Waals surface area contributed by atoms with Crippen LogP contribution in [0.15, 0.2) is 0 Å². The summed E-state index contributed by atoms with van der Waals surface area (Å²) in [7, 11) is 0. The Hall–Kier alpha value is -1.01. The summed E-state index contributed by atoms with van der Waals surface area (Å²) in [5.74, 6) is 2.20. The molecule has 2 aliphatic carbocycles. The molecule has 0 bridgehead atoms. The highest BCUT2D eigenvalue weighted by atomic mass is 32.1. The van der Waals surface area contributed by atoms with Gasteiger partial charge in [-0.25, -0.2) is 0 Å². The maximum Gasteiger partial charge on any atom is 0.234 e. The summed E-state index contributed by atoms with van der Waals surface area (Å²) >= 11 is 1.69. The molecule has 0 aliphatic heterocycles. The lowest BCUT2D eigenvalue weighted by Crippen LogP contribution is -2.14. The summed E-state index contributed by atoms with van der Waals surface area (Å²) < 4.78 is 1.98. The fourth-order valence-electron chi connectivity index (χ4n) is 2.97. The van der Waals surface area contributed by atoms with E-state index in [0.29, 0.717) is 17.9 Å². The van der Waals surface area contributed by atoms with Crippen LogP contribution in [-0.2, 0) is 0 Å². The number of nitrogens with zero attached hydrogens (tertiary/aromatic N) is 4. The third-order valence-corrected chi connectivity index (χ3v) is 5.38. The molecule has 5 nitrogen and oxygen atoms in total. The minimum atomic E-state index is 0.357. The molecule has 2 heterocycles. The van der Waals surface area contributed by atoms with Gasteiger partial charge in [0.1, 0.15) is 5.01 Å². The Morgan fingerprint density at radius 1 is 1.11 bits per heavy atom. The lowest BCUT2D eigenvalue weighted by Gasteiger charge is -2.22. The van der Waals surface area contributed by atoms with Crippen molar-refractivity contribution in [2.45, 2.75) is 56.4 Å². The van der Waals surface area contributed by atoms with Gasteiger partial charge in [-0.05, 0) is 32.1 Å². The average Bonchev–Trinajstić information content (AvgIpc) is 2.92. The number of hydrogen-bond donors (Lipinski definition) is 1. The van der Waals surface area contributed by atoms with Gasteiger partial charge in [-0.15, -0.1) is 10.2 Å².